The molecule has 1 aromatic carbocycles. The first kappa shape index (κ1) is 18.4. The fourth-order valence-electron chi connectivity index (χ4n) is 3.55. The van der Waals surface area contributed by atoms with E-state index < -0.39 is 5.97 Å². The fourth-order valence-corrected chi connectivity index (χ4v) is 3.55. The highest BCUT2D eigenvalue weighted by molar-refractivity contribution is 6.06. The van der Waals surface area contributed by atoms with E-state index in [1.165, 1.54) is 6.33 Å². The van der Waals surface area contributed by atoms with Gasteiger partial charge in [0.2, 0.25) is 0 Å². The zero-order valence-corrected chi connectivity index (χ0v) is 16.0. The standard InChI is InChI=1S/C20H24N6O2/c1-12(2)26-10-14(8-24-26)13-6-16-18(17(7-13)20(27)28)22-11-23-19(16)25-15-4-3-5-21-9-15/h6-8,10-12,15,21H,3-5,9H2,1-2H3,(H,27,28)(H,22,23,25)/t15-/m0/s1. The van der Waals surface area contributed by atoms with Gasteiger partial charge in [0.15, 0.2) is 0 Å². The normalized spacial score (nSPS) is 17.2. The number of hydrogen-bond acceptors (Lipinski definition) is 6. The first-order valence-corrected chi connectivity index (χ1v) is 9.56. The SMILES string of the molecule is CC(C)n1cc(-c2cc(C(=O)O)c3ncnc(N[C@H]4CCCNC4)c3c2)cn1. The molecule has 0 unspecified atom stereocenters. The van der Waals surface area contributed by atoms with Crippen LogP contribution in [-0.4, -0.2) is 50.0 Å². The van der Waals surface area contributed by atoms with Gasteiger partial charge in [-0.25, -0.2) is 14.8 Å². The van der Waals surface area contributed by atoms with E-state index in [0.717, 1.165) is 37.1 Å². The van der Waals surface area contributed by atoms with E-state index in [0.29, 0.717) is 16.7 Å². The summed E-state index contributed by atoms with van der Waals surface area (Å²) in [5.41, 5.74) is 2.26. The zero-order valence-electron chi connectivity index (χ0n) is 16.0. The highest BCUT2D eigenvalue weighted by Gasteiger charge is 2.19. The number of rotatable bonds is 5. The van der Waals surface area contributed by atoms with Gasteiger partial charge in [0.1, 0.15) is 12.1 Å². The Balaban J connectivity index is 1.82. The number of fused-ring (bicyclic) bond motifs is 1. The van der Waals surface area contributed by atoms with Crippen molar-refractivity contribution in [3.8, 4) is 11.1 Å². The number of nitrogens with one attached hydrogen (secondary N) is 2. The van der Waals surface area contributed by atoms with E-state index in [2.05, 4.69) is 25.7 Å². The van der Waals surface area contributed by atoms with E-state index in [4.69, 9.17) is 0 Å². The second-order valence-electron chi connectivity index (χ2n) is 7.44. The summed E-state index contributed by atoms with van der Waals surface area (Å²) in [5.74, 6) is -0.341. The molecule has 1 saturated heterocycles. The van der Waals surface area contributed by atoms with Crippen molar-refractivity contribution >= 4 is 22.7 Å². The predicted molar refractivity (Wildman–Crippen MR) is 108 cm³/mol. The Morgan fingerprint density at radius 2 is 2.18 bits per heavy atom. The topological polar surface area (TPSA) is 105 Å². The number of benzene rings is 1. The molecule has 0 saturated carbocycles. The van der Waals surface area contributed by atoms with Crippen molar-refractivity contribution in [2.75, 3.05) is 18.4 Å². The van der Waals surface area contributed by atoms with Gasteiger partial charge in [-0.2, -0.15) is 5.10 Å². The van der Waals surface area contributed by atoms with Crippen LogP contribution in [-0.2, 0) is 0 Å². The Bertz CT molecular complexity index is 1010. The maximum Gasteiger partial charge on any atom is 0.337 e. The third kappa shape index (κ3) is 3.55. The molecule has 4 rings (SSSR count). The van der Waals surface area contributed by atoms with Crippen molar-refractivity contribution in [3.63, 3.8) is 0 Å². The van der Waals surface area contributed by atoms with Gasteiger partial charge in [0.05, 0.1) is 17.3 Å². The number of aromatic nitrogens is 4. The van der Waals surface area contributed by atoms with Crippen LogP contribution in [0, 0.1) is 0 Å². The van der Waals surface area contributed by atoms with Crippen molar-refractivity contribution < 1.29 is 9.90 Å². The van der Waals surface area contributed by atoms with Crippen LogP contribution in [0.15, 0.2) is 30.9 Å². The van der Waals surface area contributed by atoms with Crippen LogP contribution in [0.4, 0.5) is 5.82 Å². The van der Waals surface area contributed by atoms with Crippen LogP contribution in [0.1, 0.15) is 43.1 Å². The molecule has 1 atom stereocenters. The second-order valence-corrected chi connectivity index (χ2v) is 7.44. The number of anilines is 1. The highest BCUT2D eigenvalue weighted by atomic mass is 16.4. The lowest BCUT2D eigenvalue weighted by atomic mass is 10.0. The zero-order chi connectivity index (χ0) is 19.7. The van der Waals surface area contributed by atoms with Gasteiger partial charge in [-0.1, -0.05) is 0 Å². The third-order valence-corrected chi connectivity index (χ3v) is 5.07. The summed E-state index contributed by atoms with van der Waals surface area (Å²) in [7, 11) is 0. The molecule has 2 aromatic heterocycles. The summed E-state index contributed by atoms with van der Waals surface area (Å²) in [6.45, 7) is 5.98. The number of carboxylic acids is 1. The molecular formula is C20H24N6O2. The van der Waals surface area contributed by atoms with Gasteiger partial charge < -0.3 is 15.7 Å². The minimum Gasteiger partial charge on any atom is -0.478 e. The molecule has 3 aromatic rings. The molecule has 146 valence electrons. The first-order valence-electron chi connectivity index (χ1n) is 9.56. The predicted octanol–water partition coefficient (Wildman–Crippen LogP) is 2.94. The molecule has 1 aliphatic rings. The van der Waals surface area contributed by atoms with E-state index in [9.17, 15) is 9.90 Å². The number of aromatic carboxylic acids is 1. The number of carbonyl (C=O) groups is 1. The summed E-state index contributed by atoms with van der Waals surface area (Å²) in [4.78, 5) is 20.6. The van der Waals surface area contributed by atoms with Gasteiger partial charge in [0.25, 0.3) is 0 Å². The molecule has 1 aliphatic heterocycles. The highest BCUT2D eigenvalue weighted by Crippen LogP contribution is 2.31. The van der Waals surface area contributed by atoms with Crippen LogP contribution < -0.4 is 10.6 Å². The van der Waals surface area contributed by atoms with Gasteiger partial charge in [-0.15, -0.1) is 0 Å². The average molecular weight is 380 g/mol. The van der Waals surface area contributed by atoms with E-state index in [1.54, 1.807) is 12.3 Å². The number of nitrogens with zero attached hydrogens (tertiary/aromatic N) is 4. The van der Waals surface area contributed by atoms with Crippen LogP contribution in [0.25, 0.3) is 22.0 Å². The van der Waals surface area contributed by atoms with Crippen LogP contribution in [0.5, 0.6) is 0 Å². The average Bonchev–Trinajstić information content (AvgIpc) is 3.19. The van der Waals surface area contributed by atoms with E-state index in [-0.39, 0.29) is 17.6 Å². The lowest BCUT2D eigenvalue weighted by Gasteiger charge is -2.24. The van der Waals surface area contributed by atoms with Crippen molar-refractivity contribution in [2.45, 2.75) is 38.8 Å². The smallest absolute Gasteiger partial charge is 0.337 e. The first-order chi connectivity index (χ1) is 13.5. The van der Waals surface area contributed by atoms with Crippen molar-refractivity contribution in [2.24, 2.45) is 0 Å². The molecule has 0 bridgehead atoms. The van der Waals surface area contributed by atoms with E-state index >= 15 is 0 Å². The molecule has 0 spiro atoms. The lowest BCUT2D eigenvalue weighted by molar-refractivity contribution is 0.0699. The van der Waals surface area contributed by atoms with Crippen molar-refractivity contribution in [1.29, 1.82) is 0 Å². The summed E-state index contributed by atoms with van der Waals surface area (Å²) >= 11 is 0. The Morgan fingerprint density at radius 1 is 1.32 bits per heavy atom. The molecule has 3 N–H and O–H groups in total. The molecule has 8 nitrogen and oxygen atoms in total. The van der Waals surface area contributed by atoms with Crippen molar-refractivity contribution in [3.05, 3.63) is 36.4 Å². The molecule has 0 radical (unpaired) electrons. The molecule has 0 aliphatic carbocycles. The molecule has 8 heteroatoms. The summed E-state index contributed by atoms with van der Waals surface area (Å²) in [5, 5.41) is 21.7. The lowest BCUT2D eigenvalue weighted by Crippen LogP contribution is -2.38. The fraction of sp³-hybridized carbons (Fsp3) is 0.400. The molecule has 3 heterocycles. The number of hydrogen-bond donors (Lipinski definition) is 3. The quantitative estimate of drug-likeness (QED) is 0.625. The van der Waals surface area contributed by atoms with Crippen LogP contribution >= 0.6 is 0 Å². The minimum absolute atomic E-state index is 0.164. The maximum absolute atomic E-state index is 11.9. The molecular weight excluding hydrogens is 356 g/mol. The van der Waals surface area contributed by atoms with Crippen molar-refractivity contribution in [1.82, 2.24) is 25.1 Å². The Kier molecular flexibility index (Phi) is 4.95. The maximum atomic E-state index is 11.9. The Morgan fingerprint density at radius 3 is 2.86 bits per heavy atom. The van der Waals surface area contributed by atoms with Gasteiger partial charge in [0, 0.05) is 35.8 Å². The number of piperidine rings is 1. The van der Waals surface area contributed by atoms with Crippen LogP contribution in [0.3, 0.4) is 0 Å². The van der Waals surface area contributed by atoms with Crippen LogP contribution in [0.2, 0.25) is 0 Å². The third-order valence-electron chi connectivity index (χ3n) is 5.07. The minimum atomic E-state index is -1.01. The van der Waals surface area contributed by atoms with E-state index in [1.807, 2.05) is 30.8 Å². The Labute approximate surface area is 163 Å². The molecule has 1 fully saturated rings. The summed E-state index contributed by atoms with van der Waals surface area (Å²) < 4.78 is 1.86. The van der Waals surface area contributed by atoms with Gasteiger partial charge in [-0.3, -0.25) is 4.68 Å². The van der Waals surface area contributed by atoms with Gasteiger partial charge in [-0.05, 0) is 50.9 Å². The summed E-state index contributed by atoms with van der Waals surface area (Å²) in [6.07, 6.45) is 7.25. The van der Waals surface area contributed by atoms with Gasteiger partial charge >= 0.3 is 5.97 Å². The Hall–Kier alpha value is -3.00. The molecule has 28 heavy (non-hydrogen) atoms. The monoisotopic (exact) mass is 380 g/mol. The largest absolute Gasteiger partial charge is 0.478 e. The molecule has 0 amide bonds. The second kappa shape index (κ2) is 7.55. The number of carboxylic acid groups (broad SMARTS) is 1. The summed E-state index contributed by atoms with van der Waals surface area (Å²) in [6, 6.07) is 4.09.